The lowest BCUT2D eigenvalue weighted by atomic mass is 10.1. The second-order valence-electron chi connectivity index (χ2n) is 6.48. The fourth-order valence-corrected chi connectivity index (χ4v) is 3.17. The molecule has 1 aliphatic heterocycles. The maximum absolute atomic E-state index is 12.3. The summed E-state index contributed by atoms with van der Waals surface area (Å²) in [6.07, 6.45) is 0.910. The van der Waals surface area contributed by atoms with E-state index in [1.54, 1.807) is 0 Å². The smallest absolute Gasteiger partial charge is 0.320 e. The molecule has 2 aromatic rings. The number of aryl methyl sites for hydroxylation is 1. The number of hydrogen-bond donors (Lipinski definition) is 1. The van der Waals surface area contributed by atoms with Gasteiger partial charge in [-0.05, 0) is 23.6 Å². The van der Waals surface area contributed by atoms with Crippen molar-refractivity contribution in [2.24, 2.45) is 0 Å². The number of nitrogens with zero attached hydrogens (tertiary/aromatic N) is 2. The van der Waals surface area contributed by atoms with Gasteiger partial charge in [-0.25, -0.2) is 4.79 Å². The lowest BCUT2D eigenvalue weighted by Gasteiger charge is -2.34. The van der Waals surface area contributed by atoms with Crippen molar-refractivity contribution in [3.63, 3.8) is 0 Å². The molecule has 3 rings (SSSR count). The van der Waals surface area contributed by atoms with E-state index in [-0.39, 0.29) is 12.8 Å². The van der Waals surface area contributed by atoms with E-state index in [1.165, 1.54) is 5.56 Å². The molecule has 138 valence electrons. The van der Waals surface area contributed by atoms with Gasteiger partial charge < -0.3 is 15.0 Å². The second kappa shape index (κ2) is 9.25. The van der Waals surface area contributed by atoms with Crippen molar-refractivity contribution in [3.05, 3.63) is 65.7 Å². The van der Waals surface area contributed by atoms with Crippen molar-refractivity contribution in [2.45, 2.75) is 19.9 Å². The van der Waals surface area contributed by atoms with Crippen molar-refractivity contribution in [2.75, 3.05) is 32.9 Å². The number of amides is 2. The van der Waals surface area contributed by atoms with E-state index < -0.39 is 0 Å². The van der Waals surface area contributed by atoms with Crippen LogP contribution in [0.5, 0.6) is 5.75 Å². The molecule has 0 aromatic heterocycles. The standard InChI is InChI=1S/C21H27N3O2/c1-2-19-10-6-7-11-20(19)26-17-22-21(25)24-14-12-23(13-15-24)16-18-8-4-3-5-9-18/h3-11H,2,12-17H2,1H3,(H,22,25). The molecule has 2 aromatic carbocycles. The quantitative estimate of drug-likeness (QED) is 0.812. The Balaban J connectivity index is 1.39. The maximum atomic E-state index is 12.3. The van der Waals surface area contributed by atoms with Gasteiger partial charge in [0.25, 0.3) is 0 Å². The lowest BCUT2D eigenvalue weighted by molar-refractivity contribution is 0.130. The number of piperazine rings is 1. The van der Waals surface area contributed by atoms with Crippen molar-refractivity contribution in [3.8, 4) is 5.75 Å². The zero-order valence-electron chi connectivity index (χ0n) is 15.4. The third kappa shape index (κ3) is 4.99. The van der Waals surface area contributed by atoms with Crippen LogP contribution in [0.3, 0.4) is 0 Å². The minimum absolute atomic E-state index is 0.0571. The molecule has 0 atom stereocenters. The number of benzene rings is 2. The zero-order chi connectivity index (χ0) is 18.2. The molecule has 0 bridgehead atoms. The summed E-state index contributed by atoms with van der Waals surface area (Å²) in [6.45, 7) is 6.49. The number of nitrogens with one attached hydrogen (secondary N) is 1. The first-order valence-corrected chi connectivity index (χ1v) is 9.26. The largest absolute Gasteiger partial charge is 0.473 e. The van der Waals surface area contributed by atoms with Gasteiger partial charge in [0, 0.05) is 32.7 Å². The van der Waals surface area contributed by atoms with E-state index in [4.69, 9.17) is 4.74 Å². The number of carbonyl (C=O) groups is 1. The SMILES string of the molecule is CCc1ccccc1OCNC(=O)N1CCN(Cc2ccccc2)CC1. The van der Waals surface area contributed by atoms with E-state index >= 15 is 0 Å². The number of ether oxygens (including phenoxy) is 1. The van der Waals surface area contributed by atoms with E-state index in [2.05, 4.69) is 41.4 Å². The summed E-state index contributed by atoms with van der Waals surface area (Å²) in [6, 6.07) is 18.3. The van der Waals surface area contributed by atoms with Gasteiger partial charge in [-0.1, -0.05) is 55.5 Å². The molecule has 2 amide bonds. The maximum Gasteiger partial charge on any atom is 0.320 e. The Bertz CT molecular complexity index is 697. The third-order valence-corrected chi connectivity index (χ3v) is 4.71. The van der Waals surface area contributed by atoms with Gasteiger partial charge in [-0.2, -0.15) is 0 Å². The number of urea groups is 1. The first kappa shape index (κ1) is 18.3. The highest BCUT2D eigenvalue weighted by Gasteiger charge is 2.20. The Hall–Kier alpha value is -2.53. The van der Waals surface area contributed by atoms with Crippen molar-refractivity contribution in [1.82, 2.24) is 15.1 Å². The van der Waals surface area contributed by atoms with Crippen molar-refractivity contribution < 1.29 is 9.53 Å². The first-order chi connectivity index (χ1) is 12.8. The molecule has 0 radical (unpaired) electrons. The average Bonchev–Trinajstić information content (AvgIpc) is 2.69. The van der Waals surface area contributed by atoms with Crippen LogP contribution < -0.4 is 10.1 Å². The molecule has 0 unspecified atom stereocenters. The van der Waals surface area contributed by atoms with Crippen molar-refractivity contribution >= 4 is 6.03 Å². The van der Waals surface area contributed by atoms with Gasteiger partial charge >= 0.3 is 6.03 Å². The fraction of sp³-hybridized carbons (Fsp3) is 0.381. The highest BCUT2D eigenvalue weighted by atomic mass is 16.5. The van der Waals surface area contributed by atoms with Crippen LogP contribution in [0.2, 0.25) is 0 Å². The monoisotopic (exact) mass is 353 g/mol. The second-order valence-corrected chi connectivity index (χ2v) is 6.48. The molecule has 1 N–H and O–H groups in total. The van der Waals surface area contributed by atoms with Gasteiger partial charge in [-0.15, -0.1) is 0 Å². The predicted molar refractivity (Wildman–Crippen MR) is 103 cm³/mol. The highest BCUT2D eigenvalue weighted by Crippen LogP contribution is 2.17. The molecular formula is C21H27N3O2. The molecule has 1 aliphatic rings. The van der Waals surface area contributed by atoms with Crippen LogP contribution in [0.15, 0.2) is 54.6 Å². The summed E-state index contributed by atoms with van der Waals surface area (Å²) in [4.78, 5) is 16.6. The Morgan fingerprint density at radius 1 is 1.00 bits per heavy atom. The molecule has 26 heavy (non-hydrogen) atoms. The Morgan fingerprint density at radius 2 is 1.69 bits per heavy atom. The highest BCUT2D eigenvalue weighted by molar-refractivity contribution is 5.74. The molecule has 0 aliphatic carbocycles. The minimum Gasteiger partial charge on any atom is -0.473 e. The van der Waals surface area contributed by atoms with E-state index in [9.17, 15) is 4.79 Å². The topological polar surface area (TPSA) is 44.8 Å². The summed E-state index contributed by atoms with van der Waals surface area (Å²) in [5.41, 5.74) is 2.46. The van der Waals surface area contributed by atoms with E-state index in [0.29, 0.717) is 0 Å². The molecule has 1 saturated heterocycles. The molecule has 1 fully saturated rings. The molecule has 5 heteroatoms. The van der Waals surface area contributed by atoms with Crippen LogP contribution in [0.25, 0.3) is 0 Å². The summed E-state index contributed by atoms with van der Waals surface area (Å²) >= 11 is 0. The number of rotatable bonds is 6. The summed E-state index contributed by atoms with van der Waals surface area (Å²) in [5.74, 6) is 0.836. The summed E-state index contributed by atoms with van der Waals surface area (Å²) < 4.78 is 5.72. The molecule has 5 nitrogen and oxygen atoms in total. The Kier molecular flexibility index (Phi) is 6.50. The van der Waals surface area contributed by atoms with Crippen molar-refractivity contribution in [1.29, 1.82) is 0 Å². The first-order valence-electron chi connectivity index (χ1n) is 9.26. The van der Waals surface area contributed by atoms with Gasteiger partial charge in [0.1, 0.15) is 5.75 Å². The van der Waals surface area contributed by atoms with Gasteiger partial charge in [0.15, 0.2) is 6.73 Å². The molecular weight excluding hydrogens is 326 g/mol. The van der Waals surface area contributed by atoms with Crippen LogP contribution in [-0.4, -0.2) is 48.7 Å². The average molecular weight is 353 g/mol. The fourth-order valence-electron chi connectivity index (χ4n) is 3.17. The Labute approximate surface area is 155 Å². The van der Waals surface area contributed by atoms with Crippen LogP contribution >= 0.6 is 0 Å². The van der Waals surface area contributed by atoms with Crippen LogP contribution in [-0.2, 0) is 13.0 Å². The molecule has 1 heterocycles. The molecule has 0 spiro atoms. The minimum atomic E-state index is -0.0571. The predicted octanol–water partition coefficient (Wildman–Crippen LogP) is 3.11. The third-order valence-electron chi connectivity index (χ3n) is 4.71. The lowest BCUT2D eigenvalue weighted by Crippen LogP contribution is -2.51. The molecule has 0 saturated carbocycles. The van der Waals surface area contributed by atoms with Gasteiger partial charge in [0.2, 0.25) is 0 Å². The van der Waals surface area contributed by atoms with Gasteiger partial charge in [-0.3, -0.25) is 4.90 Å². The normalized spacial score (nSPS) is 14.9. The Morgan fingerprint density at radius 3 is 2.42 bits per heavy atom. The van der Waals surface area contributed by atoms with Gasteiger partial charge in [0.05, 0.1) is 0 Å². The summed E-state index contributed by atoms with van der Waals surface area (Å²) in [5, 5.41) is 2.86. The number of hydrogen-bond acceptors (Lipinski definition) is 3. The zero-order valence-corrected chi connectivity index (χ0v) is 15.4. The summed E-state index contributed by atoms with van der Waals surface area (Å²) in [7, 11) is 0. The van der Waals surface area contributed by atoms with E-state index in [1.807, 2.05) is 35.2 Å². The van der Waals surface area contributed by atoms with E-state index in [0.717, 1.165) is 50.5 Å². The van der Waals surface area contributed by atoms with Crippen LogP contribution in [0.1, 0.15) is 18.1 Å². The number of para-hydroxylation sites is 1. The number of carbonyl (C=O) groups excluding carboxylic acids is 1. The van der Waals surface area contributed by atoms with Crippen LogP contribution in [0, 0.1) is 0 Å². The van der Waals surface area contributed by atoms with Crippen LogP contribution in [0.4, 0.5) is 4.79 Å².